The second kappa shape index (κ2) is 6.95. The minimum atomic E-state index is -0.0229. The summed E-state index contributed by atoms with van der Waals surface area (Å²) in [6.07, 6.45) is 1.88. The number of nitrogens with zero attached hydrogens (tertiary/aromatic N) is 2. The largest absolute Gasteiger partial charge is 0.355 e. The molecule has 0 saturated heterocycles. The summed E-state index contributed by atoms with van der Waals surface area (Å²) in [4.78, 5) is 15.4. The van der Waals surface area contributed by atoms with Crippen molar-refractivity contribution in [3.8, 4) is 0 Å². The van der Waals surface area contributed by atoms with E-state index in [1.165, 1.54) is 6.39 Å². The van der Waals surface area contributed by atoms with E-state index in [0.29, 0.717) is 25.3 Å². The first-order valence-electron chi connectivity index (χ1n) is 5.47. The smallest absolute Gasteiger partial charge is 0.224 e. The molecule has 0 spiro atoms. The van der Waals surface area contributed by atoms with Crippen molar-refractivity contribution in [3.05, 3.63) is 12.2 Å². The standard InChI is InChI=1S/C10H18N4O2/c1-3-11-6-8(2)10(15)12-5-4-9-13-7-16-14-9/h7-8,11H,3-6H2,1-2H3,(H,12,15). The highest BCUT2D eigenvalue weighted by Crippen LogP contribution is 1.93. The van der Waals surface area contributed by atoms with Crippen LogP contribution in [0.1, 0.15) is 19.7 Å². The molecular formula is C10H18N4O2. The van der Waals surface area contributed by atoms with E-state index >= 15 is 0 Å². The fourth-order valence-electron chi connectivity index (χ4n) is 1.23. The average molecular weight is 226 g/mol. The molecule has 2 N–H and O–H groups in total. The second-order valence-electron chi connectivity index (χ2n) is 3.60. The van der Waals surface area contributed by atoms with E-state index in [9.17, 15) is 4.79 Å². The number of carbonyl (C=O) groups is 1. The maximum atomic E-state index is 11.6. The number of amides is 1. The molecule has 1 unspecified atom stereocenters. The molecule has 1 atom stereocenters. The SMILES string of the molecule is CCNCC(C)C(=O)NCCc1ncon1. The van der Waals surface area contributed by atoms with E-state index in [4.69, 9.17) is 0 Å². The van der Waals surface area contributed by atoms with Crippen molar-refractivity contribution in [2.24, 2.45) is 5.92 Å². The van der Waals surface area contributed by atoms with Crippen LogP contribution in [0.25, 0.3) is 0 Å². The molecule has 1 rings (SSSR count). The summed E-state index contributed by atoms with van der Waals surface area (Å²) in [5.74, 6) is 0.634. The van der Waals surface area contributed by atoms with Crippen molar-refractivity contribution in [2.45, 2.75) is 20.3 Å². The van der Waals surface area contributed by atoms with Crippen molar-refractivity contribution in [2.75, 3.05) is 19.6 Å². The third kappa shape index (κ3) is 4.39. The normalized spacial score (nSPS) is 12.4. The molecule has 0 radical (unpaired) electrons. The van der Waals surface area contributed by atoms with Crippen molar-refractivity contribution in [3.63, 3.8) is 0 Å². The summed E-state index contributed by atoms with van der Waals surface area (Å²) in [6.45, 7) is 6.02. The lowest BCUT2D eigenvalue weighted by Crippen LogP contribution is -2.36. The number of carbonyl (C=O) groups excluding carboxylic acids is 1. The molecule has 0 aromatic carbocycles. The van der Waals surface area contributed by atoms with Crippen LogP contribution in [0.15, 0.2) is 10.9 Å². The van der Waals surface area contributed by atoms with Gasteiger partial charge in [0.1, 0.15) is 0 Å². The van der Waals surface area contributed by atoms with Crippen molar-refractivity contribution < 1.29 is 9.32 Å². The summed E-state index contributed by atoms with van der Waals surface area (Å²) < 4.78 is 4.59. The number of rotatable bonds is 7. The predicted octanol–water partition coefficient (Wildman–Crippen LogP) is -0.0261. The van der Waals surface area contributed by atoms with Crippen molar-refractivity contribution in [1.29, 1.82) is 0 Å². The zero-order valence-electron chi connectivity index (χ0n) is 9.69. The van der Waals surface area contributed by atoms with Crippen LogP contribution in [0.2, 0.25) is 0 Å². The molecule has 6 nitrogen and oxygen atoms in total. The van der Waals surface area contributed by atoms with Gasteiger partial charge in [-0.2, -0.15) is 4.98 Å². The highest BCUT2D eigenvalue weighted by Gasteiger charge is 2.11. The Morgan fingerprint density at radius 3 is 3.06 bits per heavy atom. The quantitative estimate of drug-likeness (QED) is 0.682. The van der Waals surface area contributed by atoms with Gasteiger partial charge in [-0.1, -0.05) is 19.0 Å². The lowest BCUT2D eigenvalue weighted by atomic mass is 10.1. The zero-order valence-corrected chi connectivity index (χ0v) is 9.69. The summed E-state index contributed by atoms with van der Waals surface area (Å²) in [7, 11) is 0. The van der Waals surface area contributed by atoms with Crippen LogP contribution in [0.4, 0.5) is 0 Å². The van der Waals surface area contributed by atoms with Gasteiger partial charge in [-0.15, -0.1) is 0 Å². The molecule has 0 aliphatic heterocycles. The lowest BCUT2D eigenvalue weighted by Gasteiger charge is -2.11. The Morgan fingerprint density at radius 1 is 1.62 bits per heavy atom. The lowest BCUT2D eigenvalue weighted by molar-refractivity contribution is -0.124. The number of hydrogen-bond acceptors (Lipinski definition) is 5. The van der Waals surface area contributed by atoms with Gasteiger partial charge in [-0.05, 0) is 6.54 Å². The fourth-order valence-corrected chi connectivity index (χ4v) is 1.23. The highest BCUT2D eigenvalue weighted by molar-refractivity contribution is 5.78. The molecule has 0 saturated carbocycles. The van der Waals surface area contributed by atoms with Gasteiger partial charge < -0.3 is 15.2 Å². The van der Waals surface area contributed by atoms with Crippen LogP contribution >= 0.6 is 0 Å². The molecule has 0 aliphatic rings. The maximum Gasteiger partial charge on any atom is 0.224 e. The summed E-state index contributed by atoms with van der Waals surface area (Å²) >= 11 is 0. The average Bonchev–Trinajstić information content (AvgIpc) is 2.78. The number of hydrogen-bond donors (Lipinski definition) is 2. The first-order chi connectivity index (χ1) is 7.74. The molecule has 16 heavy (non-hydrogen) atoms. The fraction of sp³-hybridized carbons (Fsp3) is 0.700. The Bertz CT molecular complexity index is 300. The summed E-state index contributed by atoms with van der Waals surface area (Å²) in [5.41, 5.74) is 0. The van der Waals surface area contributed by atoms with Crippen LogP contribution < -0.4 is 10.6 Å². The van der Waals surface area contributed by atoms with E-state index in [1.807, 2.05) is 13.8 Å². The van der Waals surface area contributed by atoms with Crippen LogP contribution in [0.5, 0.6) is 0 Å². The van der Waals surface area contributed by atoms with Gasteiger partial charge in [0.2, 0.25) is 12.3 Å². The Morgan fingerprint density at radius 2 is 2.44 bits per heavy atom. The van der Waals surface area contributed by atoms with Crippen LogP contribution in [0.3, 0.4) is 0 Å². The van der Waals surface area contributed by atoms with Gasteiger partial charge in [0.25, 0.3) is 0 Å². The van der Waals surface area contributed by atoms with Gasteiger partial charge in [0.15, 0.2) is 5.82 Å². The van der Waals surface area contributed by atoms with Gasteiger partial charge in [-0.3, -0.25) is 4.79 Å². The number of aromatic nitrogens is 2. The van der Waals surface area contributed by atoms with Gasteiger partial charge >= 0.3 is 0 Å². The van der Waals surface area contributed by atoms with E-state index in [-0.39, 0.29) is 11.8 Å². The van der Waals surface area contributed by atoms with Gasteiger partial charge in [0, 0.05) is 25.4 Å². The van der Waals surface area contributed by atoms with Crippen LogP contribution in [0, 0.1) is 5.92 Å². The maximum absolute atomic E-state index is 11.6. The Hall–Kier alpha value is -1.43. The third-order valence-electron chi connectivity index (χ3n) is 2.20. The van der Waals surface area contributed by atoms with Crippen molar-refractivity contribution in [1.82, 2.24) is 20.8 Å². The van der Waals surface area contributed by atoms with Crippen LogP contribution in [-0.2, 0) is 11.2 Å². The van der Waals surface area contributed by atoms with Crippen molar-refractivity contribution >= 4 is 5.91 Å². The number of nitrogens with one attached hydrogen (secondary N) is 2. The zero-order chi connectivity index (χ0) is 11.8. The topological polar surface area (TPSA) is 80.0 Å². The Kier molecular flexibility index (Phi) is 5.49. The minimum absolute atomic E-state index is 0.0229. The first-order valence-corrected chi connectivity index (χ1v) is 5.47. The molecule has 1 heterocycles. The Balaban J connectivity index is 2.14. The second-order valence-corrected chi connectivity index (χ2v) is 3.60. The molecular weight excluding hydrogens is 208 g/mol. The van der Waals surface area contributed by atoms with E-state index in [0.717, 1.165) is 6.54 Å². The highest BCUT2D eigenvalue weighted by atomic mass is 16.5. The minimum Gasteiger partial charge on any atom is -0.355 e. The summed E-state index contributed by atoms with van der Waals surface area (Å²) in [6, 6.07) is 0. The van der Waals surface area contributed by atoms with E-state index < -0.39 is 0 Å². The molecule has 1 aromatic heterocycles. The van der Waals surface area contributed by atoms with Gasteiger partial charge in [-0.25, -0.2) is 0 Å². The monoisotopic (exact) mass is 226 g/mol. The Labute approximate surface area is 94.8 Å². The molecule has 1 amide bonds. The molecule has 0 aliphatic carbocycles. The molecule has 1 aromatic rings. The van der Waals surface area contributed by atoms with E-state index in [2.05, 4.69) is 25.3 Å². The predicted molar refractivity (Wildman–Crippen MR) is 58.7 cm³/mol. The molecule has 6 heteroatoms. The summed E-state index contributed by atoms with van der Waals surface area (Å²) in [5, 5.41) is 9.62. The van der Waals surface area contributed by atoms with Crippen LogP contribution in [-0.4, -0.2) is 35.7 Å². The third-order valence-corrected chi connectivity index (χ3v) is 2.20. The molecule has 0 bridgehead atoms. The molecule has 0 fully saturated rings. The molecule has 90 valence electrons. The first kappa shape index (κ1) is 12.6. The van der Waals surface area contributed by atoms with Gasteiger partial charge in [0.05, 0.1) is 0 Å². The van der Waals surface area contributed by atoms with E-state index in [1.54, 1.807) is 0 Å².